The molecular weight excluding hydrogens is 494 g/mol. The molecular formula is C26H43N5O5S. The maximum Gasteiger partial charge on any atom is 0.326 e. The number of nitrogens with two attached hydrogens (primary N) is 2. The van der Waals surface area contributed by atoms with Crippen molar-refractivity contribution in [2.24, 2.45) is 17.4 Å². The van der Waals surface area contributed by atoms with Gasteiger partial charge in [-0.15, -0.1) is 0 Å². The van der Waals surface area contributed by atoms with Gasteiger partial charge < -0.3 is 32.5 Å². The van der Waals surface area contributed by atoms with Gasteiger partial charge >= 0.3 is 5.97 Å². The fraction of sp³-hybridized carbons (Fsp3) is 0.615. The summed E-state index contributed by atoms with van der Waals surface area (Å²) >= 11 is 1.52. The minimum atomic E-state index is -1.13. The molecule has 0 spiro atoms. The average Bonchev–Trinajstić information content (AvgIpc) is 2.88. The number of carbonyl (C=O) groups excluding carboxylic acids is 3. The number of carboxylic acids is 1. The molecule has 0 heterocycles. The Morgan fingerprint density at radius 1 is 0.946 bits per heavy atom. The zero-order valence-corrected chi connectivity index (χ0v) is 22.9. The number of unbranched alkanes of at least 4 members (excludes halogenated alkanes) is 1. The van der Waals surface area contributed by atoms with Gasteiger partial charge in [-0.05, 0) is 62.1 Å². The highest BCUT2D eigenvalue weighted by Gasteiger charge is 2.31. The molecule has 0 aliphatic carbocycles. The largest absolute Gasteiger partial charge is 0.480 e. The van der Waals surface area contributed by atoms with Crippen molar-refractivity contribution in [3.8, 4) is 0 Å². The van der Waals surface area contributed by atoms with Crippen molar-refractivity contribution in [1.29, 1.82) is 0 Å². The first kappa shape index (κ1) is 32.4. The van der Waals surface area contributed by atoms with Gasteiger partial charge in [-0.1, -0.05) is 50.6 Å². The van der Waals surface area contributed by atoms with E-state index in [1.807, 2.05) is 43.5 Å². The number of amides is 3. The van der Waals surface area contributed by atoms with E-state index in [0.717, 1.165) is 5.56 Å². The second-order valence-electron chi connectivity index (χ2n) is 9.19. The number of thioether (sulfide) groups is 1. The summed E-state index contributed by atoms with van der Waals surface area (Å²) in [6.45, 7) is 4.02. The lowest BCUT2D eigenvalue weighted by Gasteiger charge is -2.26. The zero-order valence-electron chi connectivity index (χ0n) is 22.1. The van der Waals surface area contributed by atoms with Crippen molar-refractivity contribution >= 4 is 35.5 Å². The highest BCUT2D eigenvalue weighted by Crippen LogP contribution is 2.11. The highest BCUT2D eigenvalue weighted by molar-refractivity contribution is 7.98. The van der Waals surface area contributed by atoms with Crippen LogP contribution < -0.4 is 27.4 Å². The van der Waals surface area contributed by atoms with E-state index in [9.17, 15) is 24.3 Å². The van der Waals surface area contributed by atoms with Gasteiger partial charge in [0.1, 0.15) is 18.1 Å². The van der Waals surface area contributed by atoms with Crippen LogP contribution in [-0.4, -0.2) is 71.5 Å². The molecule has 10 nitrogen and oxygen atoms in total. The number of hydrogen-bond acceptors (Lipinski definition) is 7. The minimum absolute atomic E-state index is 0.290. The molecule has 1 rings (SSSR count). The minimum Gasteiger partial charge on any atom is -0.480 e. The lowest BCUT2D eigenvalue weighted by Crippen LogP contribution is -2.58. The molecule has 0 radical (unpaired) electrons. The lowest BCUT2D eigenvalue weighted by molar-refractivity contribution is -0.144. The van der Waals surface area contributed by atoms with E-state index in [2.05, 4.69) is 16.0 Å². The molecule has 8 N–H and O–H groups in total. The van der Waals surface area contributed by atoms with Gasteiger partial charge in [0.05, 0.1) is 6.04 Å². The van der Waals surface area contributed by atoms with Crippen LogP contribution in [0, 0.1) is 5.92 Å². The number of hydrogen-bond donors (Lipinski definition) is 6. The number of aliphatic carboxylic acids is 1. The van der Waals surface area contributed by atoms with Gasteiger partial charge in [-0.2, -0.15) is 11.8 Å². The van der Waals surface area contributed by atoms with Gasteiger partial charge in [0, 0.05) is 0 Å². The van der Waals surface area contributed by atoms with E-state index >= 15 is 0 Å². The van der Waals surface area contributed by atoms with Crippen molar-refractivity contribution in [2.45, 2.75) is 76.5 Å². The topological polar surface area (TPSA) is 177 Å². The normalized spacial score (nSPS) is 15.1. The van der Waals surface area contributed by atoms with E-state index in [0.29, 0.717) is 50.8 Å². The Balaban J connectivity index is 2.96. The fourth-order valence-electron chi connectivity index (χ4n) is 3.71. The lowest BCUT2D eigenvalue weighted by atomic mass is 9.98. The van der Waals surface area contributed by atoms with Crippen LogP contribution in [0.25, 0.3) is 0 Å². The maximum absolute atomic E-state index is 13.2. The molecule has 0 aromatic heterocycles. The highest BCUT2D eigenvalue weighted by atomic mass is 32.2. The first-order valence-corrected chi connectivity index (χ1v) is 14.2. The summed E-state index contributed by atoms with van der Waals surface area (Å²) < 4.78 is 0. The standard InChI is InChI=1S/C26H43N5O5S/c1-4-17(2)22(26(35)36)31-25(34)20(12-8-9-14-27)30-24(33)21(13-15-37-3)29-23(32)19(28)16-18-10-6-5-7-11-18/h5-7,10-11,17,19-22H,4,8-9,12-16,27-28H2,1-3H3,(H,29,32)(H,30,33)(H,31,34)(H,35,36). The second kappa shape index (κ2) is 17.8. The summed E-state index contributed by atoms with van der Waals surface area (Å²) in [5.41, 5.74) is 12.6. The number of carboxylic acid groups (broad SMARTS) is 1. The predicted octanol–water partition coefficient (Wildman–Crippen LogP) is 1.02. The van der Waals surface area contributed by atoms with E-state index in [4.69, 9.17) is 11.5 Å². The monoisotopic (exact) mass is 537 g/mol. The molecule has 0 saturated heterocycles. The third kappa shape index (κ3) is 12.0. The summed E-state index contributed by atoms with van der Waals surface area (Å²) in [4.78, 5) is 50.8. The number of benzene rings is 1. The van der Waals surface area contributed by atoms with Gasteiger partial charge in [0.15, 0.2) is 0 Å². The molecule has 5 unspecified atom stereocenters. The van der Waals surface area contributed by atoms with E-state index in [1.54, 1.807) is 6.92 Å². The van der Waals surface area contributed by atoms with Crippen LogP contribution in [0.2, 0.25) is 0 Å². The fourth-order valence-corrected chi connectivity index (χ4v) is 4.19. The van der Waals surface area contributed by atoms with E-state index in [-0.39, 0.29) is 5.92 Å². The van der Waals surface area contributed by atoms with Gasteiger partial charge in [0.25, 0.3) is 0 Å². The SMILES string of the molecule is CCC(C)C(NC(=O)C(CCCCN)NC(=O)C(CCSC)NC(=O)C(N)Cc1ccccc1)C(=O)O. The summed E-state index contributed by atoms with van der Waals surface area (Å²) in [5.74, 6) is -2.37. The molecule has 0 saturated carbocycles. The Bertz CT molecular complexity index is 857. The van der Waals surface area contributed by atoms with Gasteiger partial charge in [-0.3, -0.25) is 14.4 Å². The molecule has 37 heavy (non-hydrogen) atoms. The summed E-state index contributed by atoms with van der Waals surface area (Å²) in [6.07, 6.45) is 4.63. The second-order valence-corrected chi connectivity index (χ2v) is 10.2. The first-order valence-electron chi connectivity index (χ1n) is 12.8. The Kier molecular flexibility index (Phi) is 15.6. The van der Waals surface area contributed by atoms with Crippen LogP contribution in [-0.2, 0) is 25.6 Å². The van der Waals surface area contributed by atoms with Crippen LogP contribution in [0.1, 0.15) is 51.5 Å². The Hall–Kier alpha value is -2.63. The Morgan fingerprint density at radius 3 is 2.11 bits per heavy atom. The Morgan fingerprint density at radius 2 is 1.54 bits per heavy atom. The molecule has 11 heteroatoms. The van der Waals surface area contributed by atoms with E-state index in [1.165, 1.54) is 11.8 Å². The first-order chi connectivity index (χ1) is 17.6. The number of rotatable bonds is 18. The summed E-state index contributed by atoms with van der Waals surface area (Å²) in [5, 5.41) is 17.6. The molecule has 0 aliphatic heterocycles. The smallest absolute Gasteiger partial charge is 0.326 e. The summed E-state index contributed by atoms with van der Waals surface area (Å²) in [7, 11) is 0. The van der Waals surface area contributed by atoms with Crippen LogP contribution >= 0.6 is 11.8 Å². The third-order valence-corrected chi connectivity index (χ3v) is 6.88. The predicted molar refractivity (Wildman–Crippen MR) is 147 cm³/mol. The van der Waals surface area contributed by atoms with Crippen LogP contribution in [0.3, 0.4) is 0 Å². The van der Waals surface area contributed by atoms with Crippen molar-refractivity contribution in [3.63, 3.8) is 0 Å². The quantitative estimate of drug-likeness (QED) is 0.150. The third-order valence-electron chi connectivity index (χ3n) is 6.24. The molecule has 0 bridgehead atoms. The number of nitrogens with one attached hydrogen (secondary N) is 3. The molecule has 1 aromatic carbocycles. The molecule has 208 valence electrons. The van der Waals surface area contributed by atoms with Crippen molar-refractivity contribution in [3.05, 3.63) is 35.9 Å². The summed E-state index contributed by atoms with van der Waals surface area (Å²) in [6, 6.07) is 5.57. The molecule has 0 aliphatic rings. The van der Waals surface area contributed by atoms with Gasteiger partial charge in [-0.25, -0.2) is 4.79 Å². The maximum atomic E-state index is 13.2. The Labute approximate surface area is 224 Å². The van der Waals surface area contributed by atoms with Gasteiger partial charge in [0.2, 0.25) is 17.7 Å². The van der Waals surface area contributed by atoms with Crippen LogP contribution in [0.15, 0.2) is 30.3 Å². The van der Waals surface area contributed by atoms with Crippen molar-refractivity contribution in [2.75, 3.05) is 18.6 Å². The van der Waals surface area contributed by atoms with E-state index < -0.39 is 47.9 Å². The van der Waals surface area contributed by atoms with Crippen LogP contribution in [0.5, 0.6) is 0 Å². The number of carbonyl (C=O) groups is 4. The molecule has 0 fully saturated rings. The van der Waals surface area contributed by atoms with Crippen molar-refractivity contribution < 1.29 is 24.3 Å². The molecule has 3 amide bonds. The average molecular weight is 538 g/mol. The molecule has 5 atom stereocenters. The van der Waals surface area contributed by atoms with Crippen LogP contribution in [0.4, 0.5) is 0 Å². The van der Waals surface area contributed by atoms with Crippen molar-refractivity contribution in [1.82, 2.24) is 16.0 Å². The molecule has 1 aromatic rings. The zero-order chi connectivity index (χ0) is 27.8.